The van der Waals surface area contributed by atoms with Crippen molar-refractivity contribution < 1.29 is 9.53 Å². The molecule has 3 heterocycles. The molecule has 5 nitrogen and oxygen atoms in total. The van der Waals surface area contributed by atoms with E-state index in [1.807, 2.05) is 18.4 Å². The molecule has 3 rings (SSSR count). The number of rotatable bonds is 4. The predicted molar refractivity (Wildman–Crippen MR) is 92.0 cm³/mol. The summed E-state index contributed by atoms with van der Waals surface area (Å²) in [5.41, 5.74) is 0.744. The van der Waals surface area contributed by atoms with Crippen LogP contribution < -0.4 is 0 Å². The second-order valence-electron chi connectivity index (χ2n) is 6.12. The van der Waals surface area contributed by atoms with Crippen LogP contribution in [0.25, 0.3) is 0 Å². The maximum atomic E-state index is 13.1. The first-order chi connectivity index (χ1) is 11.3. The van der Waals surface area contributed by atoms with Crippen molar-refractivity contribution in [3.8, 4) is 0 Å². The monoisotopic (exact) mass is 335 g/mol. The first-order valence-corrected chi connectivity index (χ1v) is 9.62. The van der Waals surface area contributed by atoms with E-state index in [1.54, 1.807) is 6.20 Å². The number of amides is 1. The molecule has 126 valence electrons. The summed E-state index contributed by atoms with van der Waals surface area (Å²) in [5, 5.41) is 0.827. The highest BCUT2D eigenvalue weighted by Crippen LogP contribution is 2.24. The van der Waals surface area contributed by atoms with Gasteiger partial charge >= 0.3 is 0 Å². The molecular formula is C17H25N3O2S. The highest BCUT2D eigenvalue weighted by atomic mass is 32.2. The third-order valence-electron chi connectivity index (χ3n) is 4.66. The number of hydrogen-bond donors (Lipinski definition) is 0. The van der Waals surface area contributed by atoms with Gasteiger partial charge in [0, 0.05) is 38.4 Å². The van der Waals surface area contributed by atoms with Crippen LogP contribution in [0.5, 0.6) is 0 Å². The second-order valence-corrected chi connectivity index (χ2v) is 6.92. The van der Waals surface area contributed by atoms with E-state index in [1.165, 1.54) is 18.2 Å². The van der Waals surface area contributed by atoms with E-state index < -0.39 is 0 Å². The van der Waals surface area contributed by atoms with Crippen molar-refractivity contribution in [1.82, 2.24) is 14.8 Å². The van der Waals surface area contributed by atoms with E-state index >= 15 is 0 Å². The standard InChI is InChI=1S/C17H25N3O2S/c1-23-16-15(6-4-7-18-16)17(21)20-8-3-2-5-14(20)13-19-9-11-22-12-10-19/h4,6-7,14H,2-3,5,8-13H2,1H3/t14-/m1/s1. The normalized spacial score (nSPS) is 23.0. The van der Waals surface area contributed by atoms with Gasteiger partial charge in [0.1, 0.15) is 5.03 Å². The van der Waals surface area contributed by atoms with E-state index in [4.69, 9.17) is 4.74 Å². The Labute approximate surface area is 142 Å². The number of ether oxygens (including phenoxy) is 1. The summed E-state index contributed by atoms with van der Waals surface area (Å²) in [5.74, 6) is 0.139. The third kappa shape index (κ3) is 4.05. The Morgan fingerprint density at radius 1 is 1.35 bits per heavy atom. The molecule has 0 aromatic carbocycles. The lowest BCUT2D eigenvalue weighted by molar-refractivity contribution is 0.0165. The number of carbonyl (C=O) groups excluding carboxylic acids is 1. The summed E-state index contributed by atoms with van der Waals surface area (Å²) in [6, 6.07) is 4.07. The van der Waals surface area contributed by atoms with Crippen molar-refractivity contribution in [1.29, 1.82) is 0 Å². The predicted octanol–water partition coefficient (Wildman–Crippen LogP) is 2.13. The summed E-state index contributed by atoms with van der Waals surface area (Å²) in [7, 11) is 0. The zero-order chi connectivity index (χ0) is 16.1. The van der Waals surface area contributed by atoms with Crippen LogP contribution in [-0.2, 0) is 4.74 Å². The lowest BCUT2D eigenvalue weighted by Gasteiger charge is -2.39. The number of carbonyl (C=O) groups is 1. The SMILES string of the molecule is CSc1ncccc1C(=O)N1CCCC[C@@H]1CN1CCOCC1. The first kappa shape index (κ1) is 16.7. The van der Waals surface area contributed by atoms with Gasteiger partial charge in [0.25, 0.3) is 5.91 Å². The number of thioether (sulfide) groups is 1. The summed E-state index contributed by atoms with van der Waals surface area (Å²) >= 11 is 1.54. The minimum Gasteiger partial charge on any atom is -0.379 e. The molecule has 23 heavy (non-hydrogen) atoms. The molecule has 1 atom stereocenters. The van der Waals surface area contributed by atoms with E-state index in [9.17, 15) is 4.79 Å². The lowest BCUT2D eigenvalue weighted by atomic mass is 10.00. The maximum Gasteiger partial charge on any atom is 0.256 e. The number of hydrogen-bond acceptors (Lipinski definition) is 5. The van der Waals surface area contributed by atoms with Gasteiger partial charge in [0.2, 0.25) is 0 Å². The zero-order valence-electron chi connectivity index (χ0n) is 13.7. The van der Waals surface area contributed by atoms with E-state index in [0.717, 1.165) is 62.8 Å². The number of morpholine rings is 1. The fourth-order valence-corrected chi connectivity index (χ4v) is 3.95. The van der Waals surface area contributed by atoms with Crippen molar-refractivity contribution in [2.75, 3.05) is 45.6 Å². The largest absolute Gasteiger partial charge is 0.379 e. The number of likely N-dealkylation sites (tertiary alicyclic amines) is 1. The Balaban J connectivity index is 1.73. The summed E-state index contributed by atoms with van der Waals surface area (Å²) in [6.45, 7) is 5.38. The number of nitrogens with zero attached hydrogens (tertiary/aromatic N) is 3. The molecular weight excluding hydrogens is 310 g/mol. The molecule has 2 saturated heterocycles. The van der Waals surface area contributed by atoms with Crippen molar-refractivity contribution in [3.63, 3.8) is 0 Å². The minimum absolute atomic E-state index is 0.139. The maximum absolute atomic E-state index is 13.1. The third-order valence-corrected chi connectivity index (χ3v) is 5.37. The lowest BCUT2D eigenvalue weighted by Crippen LogP contribution is -2.51. The number of aromatic nitrogens is 1. The second kappa shape index (κ2) is 8.13. The van der Waals surface area contributed by atoms with Gasteiger partial charge in [-0.2, -0.15) is 0 Å². The fraction of sp³-hybridized carbons (Fsp3) is 0.647. The Morgan fingerprint density at radius 3 is 2.96 bits per heavy atom. The van der Waals surface area contributed by atoms with Gasteiger partial charge in [-0.3, -0.25) is 9.69 Å². The first-order valence-electron chi connectivity index (χ1n) is 8.39. The van der Waals surface area contributed by atoms with Crippen LogP contribution in [0.1, 0.15) is 29.6 Å². The van der Waals surface area contributed by atoms with E-state index in [2.05, 4.69) is 14.8 Å². The molecule has 0 unspecified atom stereocenters. The van der Waals surface area contributed by atoms with Crippen molar-refractivity contribution in [3.05, 3.63) is 23.9 Å². The van der Waals surface area contributed by atoms with Gasteiger partial charge < -0.3 is 9.64 Å². The molecule has 0 saturated carbocycles. The topological polar surface area (TPSA) is 45.7 Å². The number of pyridine rings is 1. The van der Waals surface area contributed by atoms with Gasteiger partial charge in [0.15, 0.2) is 0 Å². The van der Waals surface area contributed by atoms with Gasteiger partial charge in [-0.15, -0.1) is 11.8 Å². The minimum atomic E-state index is 0.139. The average Bonchev–Trinajstić information content (AvgIpc) is 2.62. The quantitative estimate of drug-likeness (QED) is 0.789. The zero-order valence-corrected chi connectivity index (χ0v) is 14.6. The van der Waals surface area contributed by atoms with E-state index in [0.29, 0.717) is 6.04 Å². The molecule has 0 N–H and O–H groups in total. The van der Waals surface area contributed by atoms with Gasteiger partial charge in [0.05, 0.1) is 18.8 Å². The van der Waals surface area contributed by atoms with Crippen LogP contribution in [0.3, 0.4) is 0 Å². The summed E-state index contributed by atoms with van der Waals surface area (Å²) in [4.78, 5) is 21.9. The van der Waals surface area contributed by atoms with E-state index in [-0.39, 0.29) is 5.91 Å². The van der Waals surface area contributed by atoms with Gasteiger partial charge in [-0.25, -0.2) is 4.98 Å². The van der Waals surface area contributed by atoms with Crippen LogP contribution in [0, 0.1) is 0 Å². The molecule has 1 amide bonds. The molecule has 2 aliphatic rings. The Bertz CT molecular complexity index is 534. The molecule has 1 aromatic heterocycles. The molecule has 1 aromatic rings. The molecule has 0 aliphatic carbocycles. The van der Waals surface area contributed by atoms with Crippen molar-refractivity contribution in [2.45, 2.75) is 30.3 Å². The molecule has 6 heteroatoms. The molecule has 0 bridgehead atoms. The van der Waals surface area contributed by atoms with Crippen LogP contribution in [0.15, 0.2) is 23.4 Å². The van der Waals surface area contributed by atoms with Crippen LogP contribution in [-0.4, -0.2) is 72.4 Å². The average molecular weight is 335 g/mol. The Kier molecular flexibility index (Phi) is 5.91. The highest BCUT2D eigenvalue weighted by molar-refractivity contribution is 7.98. The summed E-state index contributed by atoms with van der Waals surface area (Å²) in [6.07, 6.45) is 7.13. The summed E-state index contributed by atoms with van der Waals surface area (Å²) < 4.78 is 5.43. The van der Waals surface area contributed by atoms with Crippen LogP contribution in [0.4, 0.5) is 0 Å². The smallest absolute Gasteiger partial charge is 0.256 e. The molecule has 2 fully saturated rings. The fourth-order valence-electron chi connectivity index (χ4n) is 3.41. The van der Waals surface area contributed by atoms with Crippen molar-refractivity contribution in [2.24, 2.45) is 0 Å². The molecule has 0 spiro atoms. The Morgan fingerprint density at radius 2 is 2.17 bits per heavy atom. The van der Waals surface area contributed by atoms with Gasteiger partial charge in [-0.05, 0) is 37.7 Å². The molecule has 0 radical (unpaired) electrons. The molecule has 2 aliphatic heterocycles. The van der Waals surface area contributed by atoms with Crippen LogP contribution in [0.2, 0.25) is 0 Å². The number of piperidine rings is 1. The highest BCUT2D eigenvalue weighted by Gasteiger charge is 2.30. The van der Waals surface area contributed by atoms with Gasteiger partial charge in [-0.1, -0.05) is 0 Å². The van der Waals surface area contributed by atoms with Crippen molar-refractivity contribution >= 4 is 17.7 Å². The van der Waals surface area contributed by atoms with Crippen LogP contribution >= 0.6 is 11.8 Å². The Hall–Kier alpha value is -1.11.